The van der Waals surface area contributed by atoms with E-state index >= 15 is 0 Å². The number of rotatable bonds is 4. The Bertz CT molecular complexity index is 1470. The zero-order valence-electron chi connectivity index (χ0n) is 18.0. The van der Waals surface area contributed by atoms with Crippen molar-refractivity contribution in [3.05, 3.63) is 86.6 Å². The lowest BCUT2D eigenvalue weighted by Crippen LogP contribution is -2.19. The summed E-state index contributed by atoms with van der Waals surface area (Å²) in [4.78, 5) is 38.9. The van der Waals surface area contributed by atoms with Crippen LogP contribution in [0.3, 0.4) is 0 Å². The van der Waals surface area contributed by atoms with E-state index in [9.17, 15) is 14.4 Å². The molecule has 2 aromatic heterocycles. The van der Waals surface area contributed by atoms with E-state index in [0.717, 1.165) is 35.1 Å². The van der Waals surface area contributed by atoms with Crippen LogP contribution in [0.15, 0.2) is 63.8 Å². The molecule has 166 valence electrons. The second-order valence-electron chi connectivity index (χ2n) is 8.44. The molecule has 0 bridgehead atoms. The molecule has 33 heavy (non-hydrogen) atoms. The number of amides is 2. The second kappa shape index (κ2) is 8.33. The number of para-hydroxylation sites is 1. The van der Waals surface area contributed by atoms with Crippen LogP contribution in [-0.2, 0) is 12.8 Å². The minimum absolute atomic E-state index is 0.365. The largest absolute Gasteiger partial charge is 0.422 e. The molecule has 6 nitrogen and oxygen atoms in total. The van der Waals surface area contributed by atoms with Gasteiger partial charge in [0.25, 0.3) is 11.8 Å². The highest BCUT2D eigenvalue weighted by Gasteiger charge is 2.27. The monoisotopic (exact) mass is 458 g/mol. The fourth-order valence-electron chi connectivity index (χ4n) is 4.37. The van der Waals surface area contributed by atoms with E-state index in [2.05, 4.69) is 12.2 Å². The quantitative estimate of drug-likeness (QED) is 0.420. The number of hydrogen-bond acceptors (Lipinski definition) is 5. The zero-order chi connectivity index (χ0) is 23.1. The van der Waals surface area contributed by atoms with Crippen molar-refractivity contribution in [3.63, 3.8) is 0 Å². The molecule has 0 saturated heterocycles. The first-order chi connectivity index (χ1) is 15.9. The predicted octanol–water partition coefficient (Wildman–Crippen LogP) is 5.00. The molecule has 0 aliphatic heterocycles. The van der Waals surface area contributed by atoms with Crippen LogP contribution in [-0.4, -0.2) is 11.8 Å². The number of nitrogens with one attached hydrogen (secondary N) is 1. The lowest BCUT2D eigenvalue weighted by atomic mass is 9.88. The summed E-state index contributed by atoms with van der Waals surface area (Å²) in [5.74, 6) is -0.359. The van der Waals surface area contributed by atoms with Crippen LogP contribution in [0.25, 0.3) is 22.1 Å². The van der Waals surface area contributed by atoms with Crippen molar-refractivity contribution >= 4 is 39.1 Å². The molecule has 1 aliphatic carbocycles. The van der Waals surface area contributed by atoms with E-state index in [1.54, 1.807) is 42.5 Å². The Morgan fingerprint density at radius 1 is 1.12 bits per heavy atom. The number of thiophene rings is 1. The smallest absolute Gasteiger partial charge is 0.344 e. The number of nitrogens with two attached hydrogens (primary N) is 1. The van der Waals surface area contributed by atoms with Crippen molar-refractivity contribution in [2.24, 2.45) is 11.7 Å². The molecule has 0 radical (unpaired) electrons. The molecule has 0 spiro atoms. The van der Waals surface area contributed by atoms with Crippen LogP contribution in [0.1, 0.15) is 44.5 Å². The molecule has 1 atom stereocenters. The van der Waals surface area contributed by atoms with Crippen LogP contribution in [0.4, 0.5) is 5.00 Å². The predicted molar refractivity (Wildman–Crippen MR) is 130 cm³/mol. The van der Waals surface area contributed by atoms with Gasteiger partial charge in [0, 0.05) is 15.8 Å². The molecule has 2 heterocycles. The van der Waals surface area contributed by atoms with E-state index in [1.807, 2.05) is 12.1 Å². The lowest BCUT2D eigenvalue weighted by Gasteiger charge is -2.18. The average molecular weight is 459 g/mol. The first-order valence-corrected chi connectivity index (χ1v) is 11.6. The Balaban J connectivity index is 1.48. The van der Waals surface area contributed by atoms with Gasteiger partial charge in [0.15, 0.2) is 0 Å². The molecular weight excluding hydrogens is 436 g/mol. The maximum Gasteiger partial charge on any atom is 0.344 e. The number of fused-ring (bicyclic) bond motifs is 2. The van der Waals surface area contributed by atoms with Gasteiger partial charge in [0.1, 0.15) is 10.6 Å². The molecule has 7 heteroatoms. The standard InChI is InChI=1S/C26H22N2O4S/c1-14-9-10-18-21(11-14)33-25(22(18)23(27)29)28-24(30)17-7-4-6-15(12-17)19-13-16-5-2-3-8-20(16)32-26(19)31/h2-8,12-14H,9-11H2,1H3,(H2,27,29)(H,28,30)/t14-/m1/s1. The van der Waals surface area contributed by atoms with Gasteiger partial charge in [-0.25, -0.2) is 4.79 Å². The summed E-state index contributed by atoms with van der Waals surface area (Å²) in [6, 6.07) is 15.8. The third-order valence-corrected chi connectivity index (χ3v) is 7.23. The third-order valence-electron chi connectivity index (χ3n) is 6.06. The number of primary amides is 1. The highest BCUT2D eigenvalue weighted by atomic mass is 32.1. The normalized spacial score (nSPS) is 15.2. The number of hydrogen-bond donors (Lipinski definition) is 2. The van der Waals surface area contributed by atoms with Gasteiger partial charge >= 0.3 is 5.63 Å². The average Bonchev–Trinajstić information content (AvgIpc) is 3.15. The van der Waals surface area contributed by atoms with Gasteiger partial charge in [0.05, 0.1) is 11.1 Å². The summed E-state index contributed by atoms with van der Waals surface area (Å²) in [6.45, 7) is 2.18. The summed E-state index contributed by atoms with van der Waals surface area (Å²) in [5.41, 5.74) is 8.41. The van der Waals surface area contributed by atoms with Crippen molar-refractivity contribution in [2.75, 3.05) is 5.32 Å². The summed E-state index contributed by atoms with van der Waals surface area (Å²) in [5, 5.41) is 4.17. The van der Waals surface area contributed by atoms with Crippen LogP contribution in [0.2, 0.25) is 0 Å². The van der Waals surface area contributed by atoms with E-state index in [0.29, 0.717) is 38.8 Å². The van der Waals surface area contributed by atoms with Gasteiger partial charge in [-0.1, -0.05) is 37.3 Å². The van der Waals surface area contributed by atoms with Crippen LogP contribution in [0.5, 0.6) is 0 Å². The van der Waals surface area contributed by atoms with Gasteiger partial charge in [-0.15, -0.1) is 11.3 Å². The fourth-order valence-corrected chi connectivity index (χ4v) is 5.78. The minimum atomic E-state index is -0.528. The zero-order valence-corrected chi connectivity index (χ0v) is 18.8. The highest BCUT2D eigenvalue weighted by Crippen LogP contribution is 2.39. The summed E-state index contributed by atoms with van der Waals surface area (Å²) < 4.78 is 5.43. The second-order valence-corrected chi connectivity index (χ2v) is 9.55. The molecule has 4 aromatic rings. The molecule has 3 N–H and O–H groups in total. The first-order valence-electron chi connectivity index (χ1n) is 10.8. The van der Waals surface area contributed by atoms with Gasteiger partial charge < -0.3 is 15.5 Å². The van der Waals surface area contributed by atoms with Crippen LogP contribution < -0.4 is 16.7 Å². The van der Waals surface area contributed by atoms with Crippen LogP contribution >= 0.6 is 11.3 Å². The molecule has 0 fully saturated rings. The maximum atomic E-state index is 13.1. The molecule has 5 rings (SSSR count). The number of benzene rings is 2. The lowest BCUT2D eigenvalue weighted by molar-refractivity contribution is 0.1000. The molecule has 0 saturated carbocycles. The Labute approximate surface area is 194 Å². The molecule has 2 amide bonds. The Morgan fingerprint density at radius 2 is 1.94 bits per heavy atom. The fraction of sp³-hybridized carbons (Fsp3) is 0.192. The highest BCUT2D eigenvalue weighted by molar-refractivity contribution is 7.17. The van der Waals surface area contributed by atoms with Crippen molar-refractivity contribution in [1.82, 2.24) is 0 Å². The molecule has 1 aliphatic rings. The molecule has 2 aromatic carbocycles. The van der Waals surface area contributed by atoms with Gasteiger partial charge in [-0.05, 0) is 60.6 Å². The van der Waals surface area contributed by atoms with Gasteiger partial charge in [-0.3, -0.25) is 9.59 Å². The topological polar surface area (TPSA) is 102 Å². The molecule has 0 unspecified atom stereocenters. The van der Waals surface area contributed by atoms with Gasteiger partial charge in [-0.2, -0.15) is 0 Å². The van der Waals surface area contributed by atoms with Crippen molar-refractivity contribution in [1.29, 1.82) is 0 Å². The summed E-state index contributed by atoms with van der Waals surface area (Å²) >= 11 is 1.42. The molecular formula is C26H22N2O4S. The van der Waals surface area contributed by atoms with E-state index in [4.69, 9.17) is 10.2 Å². The Morgan fingerprint density at radius 3 is 2.76 bits per heavy atom. The maximum absolute atomic E-state index is 13.1. The first kappa shape index (κ1) is 21.2. The Hall–Kier alpha value is -3.71. The summed E-state index contributed by atoms with van der Waals surface area (Å²) in [6.07, 6.45) is 2.66. The van der Waals surface area contributed by atoms with E-state index < -0.39 is 11.5 Å². The van der Waals surface area contributed by atoms with Crippen molar-refractivity contribution in [3.8, 4) is 11.1 Å². The minimum Gasteiger partial charge on any atom is -0.422 e. The SMILES string of the molecule is C[C@@H]1CCc2c(sc(NC(=O)c3cccc(-c4cc5ccccc5oc4=O)c3)c2C(N)=O)C1. The number of carbonyl (C=O) groups excluding carboxylic acids is 2. The summed E-state index contributed by atoms with van der Waals surface area (Å²) in [7, 11) is 0. The van der Waals surface area contributed by atoms with E-state index in [-0.39, 0.29) is 5.91 Å². The Kier molecular flexibility index (Phi) is 5.34. The van der Waals surface area contributed by atoms with Crippen LogP contribution in [0, 0.1) is 5.92 Å². The third kappa shape index (κ3) is 3.96. The van der Waals surface area contributed by atoms with E-state index in [1.165, 1.54) is 11.3 Å². The number of carbonyl (C=O) groups is 2. The van der Waals surface area contributed by atoms with Gasteiger partial charge in [0.2, 0.25) is 0 Å². The van der Waals surface area contributed by atoms with Crippen molar-refractivity contribution < 1.29 is 14.0 Å². The number of anilines is 1. The van der Waals surface area contributed by atoms with Crippen molar-refractivity contribution in [2.45, 2.75) is 26.2 Å².